The maximum Gasteiger partial charge on any atom is 0.216 e. The zero-order valence-corrected chi connectivity index (χ0v) is 13.1. The molecule has 0 aliphatic rings. The van der Waals surface area contributed by atoms with Crippen LogP contribution in [0.3, 0.4) is 0 Å². The average Bonchev–Trinajstić information content (AvgIpc) is 2.38. The van der Waals surface area contributed by atoms with Gasteiger partial charge in [0.2, 0.25) is 10.0 Å². The Morgan fingerprint density at radius 3 is 2.60 bits per heavy atom. The van der Waals surface area contributed by atoms with E-state index in [9.17, 15) is 8.42 Å². The first-order valence-electron chi connectivity index (χ1n) is 7.15. The molecular weight excluding hydrogens is 274 g/mol. The summed E-state index contributed by atoms with van der Waals surface area (Å²) in [7, 11) is -3.33. The third-order valence-corrected chi connectivity index (χ3v) is 4.63. The molecule has 1 atom stereocenters. The van der Waals surface area contributed by atoms with Crippen LogP contribution in [0.1, 0.15) is 50.7 Å². The van der Waals surface area contributed by atoms with Crippen molar-refractivity contribution in [3.63, 3.8) is 0 Å². The maximum atomic E-state index is 12.1. The minimum absolute atomic E-state index is 0.0347. The molecule has 1 unspecified atom stereocenters. The van der Waals surface area contributed by atoms with Gasteiger partial charge in [0.25, 0.3) is 0 Å². The topological polar surface area (TPSA) is 66.4 Å². The summed E-state index contributed by atoms with van der Waals surface area (Å²) >= 11 is 0. The van der Waals surface area contributed by atoms with Gasteiger partial charge in [0.1, 0.15) is 0 Å². The van der Waals surface area contributed by atoms with E-state index in [1.165, 1.54) is 0 Å². The highest BCUT2D eigenvalue weighted by Crippen LogP contribution is 2.10. The first kappa shape index (κ1) is 17.1. The molecule has 0 fully saturated rings. The highest BCUT2D eigenvalue weighted by Gasteiger charge is 2.15. The predicted molar refractivity (Wildman–Crippen MR) is 81.7 cm³/mol. The Bertz CT molecular complexity index is 500. The summed E-state index contributed by atoms with van der Waals surface area (Å²) in [6.45, 7) is 3.95. The van der Waals surface area contributed by atoms with Gasteiger partial charge < -0.3 is 5.11 Å². The lowest BCUT2D eigenvalue weighted by molar-refractivity contribution is 0.282. The summed E-state index contributed by atoms with van der Waals surface area (Å²) in [6.07, 6.45) is 4.17. The lowest BCUT2D eigenvalue weighted by Gasteiger charge is -2.14. The molecule has 2 N–H and O–H groups in total. The molecular formula is C15H25NO3S. The van der Waals surface area contributed by atoms with Crippen molar-refractivity contribution in [1.82, 2.24) is 4.72 Å². The van der Waals surface area contributed by atoms with Crippen molar-refractivity contribution in [1.29, 1.82) is 0 Å². The zero-order valence-electron chi connectivity index (χ0n) is 12.3. The quantitative estimate of drug-likeness (QED) is 0.689. The number of hydrogen-bond donors (Lipinski definition) is 2. The normalized spacial score (nSPS) is 13.3. The van der Waals surface area contributed by atoms with Crippen LogP contribution in [-0.2, 0) is 22.4 Å². The van der Waals surface area contributed by atoms with Gasteiger partial charge in [-0.25, -0.2) is 13.1 Å². The van der Waals surface area contributed by atoms with Gasteiger partial charge in [-0.05, 0) is 24.5 Å². The highest BCUT2D eigenvalue weighted by molar-refractivity contribution is 7.88. The largest absolute Gasteiger partial charge is 0.392 e. The predicted octanol–water partition coefficient (Wildman–Crippen LogP) is 2.57. The molecule has 1 aromatic carbocycles. The smallest absolute Gasteiger partial charge is 0.216 e. The van der Waals surface area contributed by atoms with E-state index in [-0.39, 0.29) is 18.4 Å². The number of rotatable bonds is 9. The highest BCUT2D eigenvalue weighted by atomic mass is 32.2. The molecule has 0 radical (unpaired) electrons. The first-order valence-corrected chi connectivity index (χ1v) is 8.80. The monoisotopic (exact) mass is 299 g/mol. The molecule has 0 bridgehead atoms. The van der Waals surface area contributed by atoms with Crippen LogP contribution in [-0.4, -0.2) is 19.6 Å². The lowest BCUT2D eigenvalue weighted by Crippen LogP contribution is -2.33. The third-order valence-electron chi connectivity index (χ3n) is 3.15. The number of benzene rings is 1. The first-order chi connectivity index (χ1) is 9.46. The summed E-state index contributed by atoms with van der Waals surface area (Å²) in [5, 5.41) is 9.06. The van der Waals surface area contributed by atoms with E-state index in [1.54, 1.807) is 24.3 Å². The molecule has 0 amide bonds. The van der Waals surface area contributed by atoms with Gasteiger partial charge in [-0.1, -0.05) is 50.5 Å². The van der Waals surface area contributed by atoms with E-state index in [0.29, 0.717) is 5.56 Å². The zero-order chi connectivity index (χ0) is 15.0. The van der Waals surface area contributed by atoms with Crippen LogP contribution < -0.4 is 4.72 Å². The number of unbranched alkanes of at least 4 members (excludes halogenated alkanes) is 2. The van der Waals surface area contributed by atoms with Crippen LogP contribution in [0.5, 0.6) is 0 Å². The van der Waals surface area contributed by atoms with Crippen LogP contribution in [0.2, 0.25) is 0 Å². The van der Waals surface area contributed by atoms with Crippen LogP contribution in [0.25, 0.3) is 0 Å². The van der Waals surface area contributed by atoms with Crippen LogP contribution in [0.15, 0.2) is 24.3 Å². The number of nitrogens with one attached hydrogen (secondary N) is 1. The van der Waals surface area contributed by atoms with E-state index in [4.69, 9.17) is 5.11 Å². The van der Waals surface area contributed by atoms with Gasteiger partial charge in [0, 0.05) is 6.04 Å². The Balaban J connectivity index is 2.56. The molecule has 0 aliphatic heterocycles. The van der Waals surface area contributed by atoms with Crippen molar-refractivity contribution < 1.29 is 13.5 Å². The summed E-state index contributed by atoms with van der Waals surface area (Å²) in [5.74, 6) is -0.0427. The number of aliphatic hydroxyl groups is 1. The molecule has 0 spiro atoms. The van der Waals surface area contributed by atoms with E-state index in [0.717, 1.165) is 31.2 Å². The Kier molecular flexibility index (Phi) is 7.19. The van der Waals surface area contributed by atoms with E-state index < -0.39 is 10.0 Å². The van der Waals surface area contributed by atoms with Crippen LogP contribution in [0.4, 0.5) is 0 Å². The van der Waals surface area contributed by atoms with Gasteiger partial charge in [-0.15, -0.1) is 0 Å². The third kappa shape index (κ3) is 6.50. The molecule has 114 valence electrons. The fraction of sp³-hybridized carbons (Fsp3) is 0.600. The molecule has 0 aromatic heterocycles. The molecule has 20 heavy (non-hydrogen) atoms. The van der Waals surface area contributed by atoms with Crippen molar-refractivity contribution in [3.05, 3.63) is 35.4 Å². The second-order valence-corrected chi connectivity index (χ2v) is 7.01. The van der Waals surface area contributed by atoms with Crippen molar-refractivity contribution in [2.45, 2.75) is 57.9 Å². The molecule has 1 aromatic rings. The lowest BCUT2D eigenvalue weighted by atomic mass is 10.1. The minimum Gasteiger partial charge on any atom is -0.392 e. The number of aliphatic hydroxyl groups excluding tert-OH is 1. The van der Waals surface area contributed by atoms with E-state index in [1.807, 2.05) is 6.92 Å². The Hall–Kier alpha value is -0.910. The summed E-state index contributed by atoms with van der Waals surface area (Å²) < 4.78 is 26.8. The Morgan fingerprint density at radius 2 is 1.95 bits per heavy atom. The number of sulfonamides is 1. The van der Waals surface area contributed by atoms with E-state index >= 15 is 0 Å². The molecule has 0 saturated carbocycles. The van der Waals surface area contributed by atoms with Gasteiger partial charge >= 0.3 is 0 Å². The van der Waals surface area contributed by atoms with Gasteiger partial charge in [-0.3, -0.25) is 0 Å². The fourth-order valence-corrected chi connectivity index (χ4v) is 3.58. The van der Waals surface area contributed by atoms with Gasteiger partial charge in [0.05, 0.1) is 12.4 Å². The molecule has 5 heteroatoms. The van der Waals surface area contributed by atoms with Crippen LogP contribution in [0, 0.1) is 0 Å². The Labute approximate surface area is 122 Å². The second kappa shape index (κ2) is 8.39. The summed E-state index contributed by atoms with van der Waals surface area (Å²) in [5.41, 5.74) is 1.43. The van der Waals surface area contributed by atoms with Crippen molar-refractivity contribution in [3.8, 4) is 0 Å². The second-order valence-electron chi connectivity index (χ2n) is 5.25. The summed E-state index contributed by atoms with van der Waals surface area (Å²) in [4.78, 5) is 0. The SMILES string of the molecule is CCCCCC(C)NS(=O)(=O)Cc1cccc(CO)c1. The van der Waals surface area contributed by atoms with Crippen molar-refractivity contribution in [2.24, 2.45) is 0 Å². The van der Waals surface area contributed by atoms with E-state index in [2.05, 4.69) is 11.6 Å². The standard InChI is InChI=1S/C15H25NO3S/c1-3-4-5-7-13(2)16-20(18,19)12-15-9-6-8-14(10-15)11-17/h6,8-10,13,16-17H,3-5,7,11-12H2,1-2H3. The molecule has 0 heterocycles. The van der Waals surface area contributed by atoms with Crippen molar-refractivity contribution in [2.75, 3.05) is 0 Å². The fourth-order valence-electron chi connectivity index (χ4n) is 2.14. The minimum atomic E-state index is -3.33. The van der Waals surface area contributed by atoms with Gasteiger partial charge in [-0.2, -0.15) is 0 Å². The Morgan fingerprint density at radius 1 is 1.25 bits per heavy atom. The van der Waals surface area contributed by atoms with Gasteiger partial charge in [0.15, 0.2) is 0 Å². The number of hydrogen-bond acceptors (Lipinski definition) is 3. The maximum absolute atomic E-state index is 12.1. The van der Waals surface area contributed by atoms with Crippen molar-refractivity contribution >= 4 is 10.0 Å². The summed E-state index contributed by atoms with van der Waals surface area (Å²) in [6, 6.07) is 6.99. The molecule has 1 rings (SSSR count). The van der Waals surface area contributed by atoms with Crippen LogP contribution >= 0.6 is 0 Å². The average molecular weight is 299 g/mol. The molecule has 4 nitrogen and oxygen atoms in total. The molecule has 0 aliphatic carbocycles. The molecule has 0 saturated heterocycles.